The fraction of sp³-hybridized carbons (Fsp3) is 0.333. The maximum atomic E-state index is 6.37. The molecule has 3 N–H and O–H groups in total. The Morgan fingerprint density at radius 3 is 3.00 bits per heavy atom. The summed E-state index contributed by atoms with van der Waals surface area (Å²) in [5, 5.41) is 2.86. The van der Waals surface area contributed by atoms with E-state index in [1.807, 2.05) is 6.92 Å². The van der Waals surface area contributed by atoms with Crippen LogP contribution >= 0.6 is 38.9 Å². The predicted molar refractivity (Wildman–Crippen MR) is 91.2 cm³/mol. The number of aryl methyl sites for hydroxylation is 1. The summed E-state index contributed by atoms with van der Waals surface area (Å²) in [6.45, 7) is 2.76. The Labute approximate surface area is 141 Å². The van der Waals surface area contributed by atoms with Crippen molar-refractivity contribution in [1.29, 1.82) is 0 Å². The second-order valence-electron chi connectivity index (χ2n) is 5.17. The molecule has 0 spiro atoms. The molecule has 21 heavy (non-hydrogen) atoms. The second-order valence-corrected chi connectivity index (χ2v) is 7.38. The third-order valence-electron chi connectivity index (χ3n) is 3.69. The van der Waals surface area contributed by atoms with Crippen molar-refractivity contribution in [3.8, 4) is 5.75 Å². The summed E-state index contributed by atoms with van der Waals surface area (Å²) in [5.74, 6) is 6.76. The van der Waals surface area contributed by atoms with Crippen molar-refractivity contribution in [2.45, 2.75) is 25.8 Å². The van der Waals surface area contributed by atoms with Crippen molar-refractivity contribution in [3.63, 3.8) is 0 Å². The van der Waals surface area contributed by atoms with Crippen LogP contribution in [0.25, 0.3) is 0 Å². The molecular weight excluding hydrogens is 372 g/mol. The molecule has 1 aliphatic heterocycles. The van der Waals surface area contributed by atoms with Gasteiger partial charge in [0, 0.05) is 15.8 Å². The molecule has 1 aliphatic rings. The topological polar surface area (TPSA) is 47.3 Å². The highest BCUT2D eigenvalue weighted by molar-refractivity contribution is 9.10. The van der Waals surface area contributed by atoms with Gasteiger partial charge in [-0.3, -0.25) is 11.3 Å². The van der Waals surface area contributed by atoms with E-state index in [0.29, 0.717) is 0 Å². The first-order chi connectivity index (χ1) is 10.1. The van der Waals surface area contributed by atoms with E-state index in [0.717, 1.165) is 50.7 Å². The first kappa shape index (κ1) is 15.3. The fourth-order valence-corrected chi connectivity index (χ4v) is 4.57. The van der Waals surface area contributed by atoms with Crippen molar-refractivity contribution in [1.82, 2.24) is 5.43 Å². The SMILES string of the molecule is Cc1csc(C(Cc2cc(Br)cc3c2OCC3)NN)c1Cl. The van der Waals surface area contributed by atoms with Crippen molar-refractivity contribution in [3.05, 3.63) is 48.6 Å². The van der Waals surface area contributed by atoms with E-state index in [-0.39, 0.29) is 6.04 Å². The van der Waals surface area contributed by atoms with Gasteiger partial charge in [0.05, 0.1) is 17.7 Å². The summed E-state index contributed by atoms with van der Waals surface area (Å²) in [7, 11) is 0. The van der Waals surface area contributed by atoms with Crippen LogP contribution in [0.5, 0.6) is 5.75 Å². The Hall–Kier alpha value is -0.590. The number of halogens is 2. The smallest absolute Gasteiger partial charge is 0.125 e. The van der Waals surface area contributed by atoms with Crippen molar-refractivity contribution in [2.75, 3.05) is 6.61 Å². The largest absolute Gasteiger partial charge is 0.493 e. The molecule has 0 fully saturated rings. The van der Waals surface area contributed by atoms with Gasteiger partial charge < -0.3 is 4.74 Å². The zero-order chi connectivity index (χ0) is 15.0. The number of hydrazine groups is 1. The highest BCUT2D eigenvalue weighted by Gasteiger charge is 2.23. The lowest BCUT2D eigenvalue weighted by Gasteiger charge is -2.17. The Balaban J connectivity index is 1.93. The van der Waals surface area contributed by atoms with Crippen LogP contribution in [0.1, 0.15) is 27.6 Å². The molecule has 6 heteroatoms. The van der Waals surface area contributed by atoms with Gasteiger partial charge >= 0.3 is 0 Å². The number of nitrogens with two attached hydrogens (primary N) is 1. The Morgan fingerprint density at radius 1 is 1.52 bits per heavy atom. The number of fused-ring (bicyclic) bond motifs is 1. The normalized spacial score (nSPS) is 14.9. The van der Waals surface area contributed by atoms with Crippen LogP contribution in [0.4, 0.5) is 0 Å². The molecule has 0 saturated carbocycles. The van der Waals surface area contributed by atoms with Gasteiger partial charge in [-0.15, -0.1) is 11.3 Å². The maximum Gasteiger partial charge on any atom is 0.125 e. The third-order valence-corrected chi connectivity index (χ3v) is 5.98. The zero-order valence-electron chi connectivity index (χ0n) is 11.6. The molecule has 1 aromatic carbocycles. The molecule has 112 valence electrons. The highest BCUT2D eigenvalue weighted by atomic mass is 79.9. The molecule has 1 unspecified atom stereocenters. The minimum absolute atomic E-state index is 0.0150. The maximum absolute atomic E-state index is 6.37. The molecule has 3 rings (SSSR count). The van der Waals surface area contributed by atoms with E-state index in [4.69, 9.17) is 22.2 Å². The number of rotatable bonds is 4. The molecule has 0 amide bonds. The molecule has 3 nitrogen and oxygen atoms in total. The van der Waals surface area contributed by atoms with Crippen LogP contribution in [0.2, 0.25) is 5.02 Å². The summed E-state index contributed by atoms with van der Waals surface area (Å²) < 4.78 is 6.86. The Kier molecular flexibility index (Phi) is 4.57. The second kappa shape index (κ2) is 6.26. The first-order valence-electron chi connectivity index (χ1n) is 6.74. The molecule has 1 aromatic heterocycles. The van der Waals surface area contributed by atoms with Gasteiger partial charge in [0.25, 0.3) is 0 Å². The summed E-state index contributed by atoms with van der Waals surface area (Å²) >= 11 is 11.6. The number of benzene rings is 1. The molecule has 1 atom stereocenters. The summed E-state index contributed by atoms with van der Waals surface area (Å²) in [6.07, 6.45) is 1.71. The van der Waals surface area contributed by atoms with Gasteiger partial charge in [-0.1, -0.05) is 27.5 Å². The molecule has 0 saturated heterocycles. The highest BCUT2D eigenvalue weighted by Crippen LogP contribution is 2.38. The lowest BCUT2D eigenvalue weighted by atomic mass is 10.0. The van der Waals surface area contributed by atoms with E-state index >= 15 is 0 Å². The van der Waals surface area contributed by atoms with Gasteiger partial charge in [-0.25, -0.2) is 0 Å². The standard InChI is InChI=1S/C15H16BrClN2OS/c1-8-7-21-15(13(8)17)12(19-18)6-10-5-11(16)4-9-2-3-20-14(9)10/h4-5,7,12,19H,2-3,6,18H2,1H3. The predicted octanol–water partition coefficient (Wildman–Crippen LogP) is 4.15. The van der Waals surface area contributed by atoms with Crippen molar-refractivity contribution >= 4 is 38.9 Å². The molecule has 0 aliphatic carbocycles. The van der Waals surface area contributed by atoms with Crippen LogP contribution in [-0.4, -0.2) is 6.61 Å². The number of ether oxygens (including phenoxy) is 1. The Morgan fingerprint density at radius 2 is 2.33 bits per heavy atom. The molecular formula is C15H16BrClN2OS. The quantitative estimate of drug-likeness (QED) is 0.612. The van der Waals surface area contributed by atoms with Crippen molar-refractivity contribution < 1.29 is 4.74 Å². The molecule has 0 radical (unpaired) electrons. The van der Waals surface area contributed by atoms with Gasteiger partial charge in [0.1, 0.15) is 5.75 Å². The number of hydrogen-bond donors (Lipinski definition) is 2. The van der Waals surface area contributed by atoms with E-state index in [9.17, 15) is 0 Å². The molecule has 2 heterocycles. The third kappa shape index (κ3) is 2.98. The van der Waals surface area contributed by atoms with Gasteiger partial charge in [0.15, 0.2) is 0 Å². The van der Waals surface area contributed by atoms with Crippen LogP contribution in [0.15, 0.2) is 22.0 Å². The van der Waals surface area contributed by atoms with E-state index in [1.54, 1.807) is 11.3 Å². The van der Waals surface area contributed by atoms with Crippen LogP contribution in [-0.2, 0) is 12.8 Å². The number of thiophene rings is 1. The van der Waals surface area contributed by atoms with Crippen LogP contribution < -0.4 is 16.0 Å². The first-order valence-corrected chi connectivity index (χ1v) is 8.79. The minimum Gasteiger partial charge on any atom is -0.493 e. The lowest BCUT2D eigenvalue weighted by Crippen LogP contribution is -2.29. The minimum atomic E-state index is -0.0150. The average Bonchev–Trinajstić information content (AvgIpc) is 3.04. The van der Waals surface area contributed by atoms with Gasteiger partial charge in [-0.05, 0) is 47.5 Å². The number of nitrogens with one attached hydrogen (secondary N) is 1. The zero-order valence-corrected chi connectivity index (χ0v) is 14.7. The monoisotopic (exact) mass is 386 g/mol. The van der Waals surface area contributed by atoms with E-state index in [2.05, 4.69) is 38.9 Å². The summed E-state index contributed by atoms with van der Waals surface area (Å²) in [6, 6.07) is 4.21. The van der Waals surface area contributed by atoms with Crippen LogP contribution in [0.3, 0.4) is 0 Å². The van der Waals surface area contributed by atoms with Crippen LogP contribution in [0, 0.1) is 6.92 Å². The van der Waals surface area contributed by atoms with Gasteiger partial charge in [0.2, 0.25) is 0 Å². The van der Waals surface area contributed by atoms with Crippen molar-refractivity contribution in [2.24, 2.45) is 5.84 Å². The van der Waals surface area contributed by atoms with E-state index < -0.39 is 0 Å². The summed E-state index contributed by atoms with van der Waals surface area (Å²) in [5.41, 5.74) is 6.39. The molecule has 0 bridgehead atoms. The average molecular weight is 388 g/mol. The fourth-order valence-electron chi connectivity index (χ4n) is 2.63. The molecule has 2 aromatic rings. The lowest BCUT2D eigenvalue weighted by molar-refractivity contribution is 0.351. The van der Waals surface area contributed by atoms with E-state index in [1.165, 1.54) is 5.56 Å². The Bertz CT molecular complexity index is 674. The summed E-state index contributed by atoms with van der Waals surface area (Å²) in [4.78, 5) is 1.07. The van der Waals surface area contributed by atoms with Gasteiger partial charge in [-0.2, -0.15) is 0 Å². The number of hydrogen-bond acceptors (Lipinski definition) is 4.